The number of anilines is 1. The number of quaternary nitrogens is 1. The molecule has 110 valence electrons. The minimum absolute atomic E-state index is 0.0421. The molecule has 1 fully saturated rings. The van der Waals surface area contributed by atoms with Gasteiger partial charge in [0.15, 0.2) is 6.04 Å². The van der Waals surface area contributed by atoms with Crippen LogP contribution in [0.5, 0.6) is 0 Å². The predicted octanol–water partition coefficient (Wildman–Crippen LogP) is 0.489. The van der Waals surface area contributed by atoms with Crippen LogP contribution in [0.25, 0.3) is 0 Å². The van der Waals surface area contributed by atoms with Gasteiger partial charge >= 0.3 is 0 Å². The smallest absolute Gasteiger partial charge is 0.282 e. The molecule has 0 spiro atoms. The highest BCUT2D eigenvalue weighted by atomic mass is 32.1. The van der Waals surface area contributed by atoms with Gasteiger partial charge in [0.05, 0.1) is 18.7 Å². The first kappa shape index (κ1) is 15.0. The molecule has 0 unspecified atom stereocenters. The highest BCUT2D eigenvalue weighted by Crippen LogP contribution is 2.22. The van der Waals surface area contributed by atoms with Crippen LogP contribution in [0, 0.1) is 5.92 Å². The van der Waals surface area contributed by atoms with Crippen molar-refractivity contribution in [1.29, 1.82) is 0 Å². The molecule has 1 aliphatic heterocycles. The molecule has 1 aliphatic rings. The molecule has 2 amide bonds. The summed E-state index contributed by atoms with van der Waals surface area (Å²) >= 11 is 1.33. The molecule has 4 N–H and O–H groups in total. The van der Waals surface area contributed by atoms with Crippen molar-refractivity contribution >= 4 is 28.2 Å². The Morgan fingerprint density at radius 3 is 2.70 bits per heavy atom. The van der Waals surface area contributed by atoms with Gasteiger partial charge in [-0.1, -0.05) is 6.92 Å². The molecule has 0 aromatic carbocycles. The van der Waals surface area contributed by atoms with Gasteiger partial charge in [0, 0.05) is 0 Å². The van der Waals surface area contributed by atoms with Crippen LogP contribution in [0.15, 0.2) is 11.4 Å². The van der Waals surface area contributed by atoms with E-state index in [1.807, 2.05) is 6.92 Å². The Kier molecular flexibility index (Phi) is 4.77. The second-order valence-corrected chi connectivity index (χ2v) is 6.50. The van der Waals surface area contributed by atoms with Gasteiger partial charge in [-0.2, -0.15) is 0 Å². The van der Waals surface area contributed by atoms with Crippen molar-refractivity contribution in [3.8, 4) is 0 Å². The van der Waals surface area contributed by atoms with Gasteiger partial charge < -0.3 is 16.0 Å². The van der Waals surface area contributed by atoms with E-state index in [9.17, 15) is 9.59 Å². The molecular formula is C14H22N3O2S+. The van der Waals surface area contributed by atoms with Gasteiger partial charge in [-0.3, -0.25) is 9.59 Å². The second kappa shape index (κ2) is 6.37. The number of primary amides is 1. The van der Waals surface area contributed by atoms with Crippen LogP contribution in [0.1, 0.15) is 37.0 Å². The van der Waals surface area contributed by atoms with Crippen molar-refractivity contribution in [2.45, 2.75) is 32.7 Å². The average molecular weight is 296 g/mol. The zero-order valence-electron chi connectivity index (χ0n) is 11.9. The summed E-state index contributed by atoms with van der Waals surface area (Å²) in [5.41, 5.74) is 5.67. The molecule has 1 aromatic rings. The maximum atomic E-state index is 12.3. The number of carbonyl (C=O) groups excluding carboxylic acids is 2. The van der Waals surface area contributed by atoms with Gasteiger partial charge in [0.2, 0.25) is 0 Å². The van der Waals surface area contributed by atoms with E-state index in [0.717, 1.165) is 19.0 Å². The number of carbonyl (C=O) groups is 2. The molecule has 0 bridgehead atoms. The summed E-state index contributed by atoms with van der Waals surface area (Å²) in [6.45, 7) is 6.26. The lowest BCUT2D eigenvalue weighted by Crippen LogP contribution is -3.17. The van der Waals surface area contributed by atoms with E-state index in [0.29, 0.717) is 10.6 Å². The summed E-state index contributed by atoms with van der Waals surface area (Å²) in [6, 6.07) is 1.54. The van der Waals surface area contributed by atoms with Gasteiger partial charge in [0.25, 0.3) is 11.8 Å². The number of hydrogen-bond acceptors (Lipinski definition) is 3. The third kappa shape index (κ3) is 3.37. The maximum Gasteiger partial charge on any atom is 0.282 e. The number of rotatable bonds is 4. The third-order valence-corrected chi connectivity index (χ3v) is 4.92. The lowest BCUT2D eigenvalue weighted by Gasteiger charge is -2.31. The van der Waals surface area contributed by atoms with Crippen molar-refractivity contribution in [2.24, 2.45) is 11.7 Å². The number of nitrogens with one attached hydrogen (secondary N) is 2. The molecule has 0 aliphatic carbocycles. The van der Waals surface area contributed by atoms with Crippen molar-refractivity contribution in [1.82, 2.24) is 0 Å². The van der Waals surface area contributed by atoms with Crippen LogP contribution in [-0.2, 0) is 4.79 Å². The largest absolute Gasteiger partial charge is 0.366 e. The molecule has 5 nitrogen and oxygen atoms in total. The molecule has 2 rings (SSSR count). The lowest BCUT2D eigenvalue weighted by molar-refractivity contribution is -0.919. The fourth-order valence-electron chi connectivity index (χ4n) is 2.57. The maximum absolute atomic E-state index is 12.3. The number of hydrogen-bond donors (Lipinski definition) is 3. The van der Waals surface area contributed by atoms with Crippen molar-refractivity contribution in [3.63, 3.8) is 0 Å². The normalized spacial score (nSPS) is 24.1. The first-order chi connectivity index (χ1) is 9.49. The Hall–Kier alpha value is -1.40. The summed E-state index contributed by atoms with van der Waals surface area (Å²) in [5.74, 6) is 0.209. The van der Waals surface area contributed by atoms with Gasteiger partial charge in [-0.15, -0.1) is 11.3 Å². The van der Waals surface area contributed by atoms with E-state index in [4.69, 9.17) is 5.73 Å². The summed E-state index contributed by atoms with van der Waals surface area (Å²) in [7, 11) is 0. The van der Waals surface area contributed by atoms with Gasteiger partial charge in [-0.05, 0) is 37.1 Å². The van der Waals surface area contributed by atoms with Crippen LogP contribution >= 0.6 is 11.3 Å². The van der Waals surface area contributed by atoms with Crippen LogP contribution in [0.4, 0.5) is 5.00 Å². The molecule has 2 heterocycles. The fourth-order valence-corrected chi connectivity index (χ4v) is 3.37. The van der Waals surface area contributed by atoms with Gasteiger partial charge in [-0.25, -0.2) is 0 Å². The monoisotopic (exact) mass is 296 g/mol. The molecular weight excluding hydrogens is 274 g/mol. The summed E-state index contributed by atoms with van der Waals surface area (Å²) in [5, 5.41) is 5.15. The molecule has 20 heavy (non-hydrogen) atoms. The molecule has 1 saturated heterocycles. The second-order valence-electron chi connectivity index (χ2n) is 5.58. The standard InChI is InChI=1S/C14H21N3O2S/c1-9-3-6-17(7-4-9)10(2)13(19)16-14-11(12(15)18)5-8-20-14/h5,8-10H,3-4,6-7H2,1-2H3,(H2,15,18)(H,16,19)/p+1/t10-/m1/s1. The number of piperidine rings is 1. The zero-order chi connectivity index (χ0) is 14.7. The molecule has 6 heteroatoms. The summed E-state index contributed by atoms with van der Waals surface area (Å²) in [4.78, 5) is 24.9. The quantitative estimate of drug-likeness (QED) is 0.756. The summed E-state index contributed by atoms with van der Waals surface area (Å²) in [6.07, 6.45) is 2.33. The molecule has 0 radical (unpaired) electrons. The Balaban J connectivity index is 1.97. The SMILES string of the molecule is CC1CC[NH+]([C@H](C)C(=O)Nc2sccc2C(N)=O)CC1. The predicted molar refractivity (Wildman–Crippen MR) is 80.0 cm³/mol. The van der Waals surface area contributed by atoms with E-state index in [1.54, 1.807) is 11.4 Å². The zero-order valence-corrected chi connectivity index (χ0v) is 12.8. The van der Waals surface area contributed by atoms with Crippen LogP contribution in [0.3, 0.4) is 0 Å². The van der Waals surface area contributed by atoms with Crippen LogP contribution in [-0.4, -0.2) is 30.9 Å². The highest BCUT2D eigenvalue weighted by molar-refractivity contribution is 7.14. The molecule has 1 aromatic heterocycles. The Labute approximate surface area is 123 Å². The lowest BCUT2D eigenvalue weighted by atomic mass is 9.98. The highest BCUT2D eigenvalue weighted by Gasteiger charge is 2.29. The van der Waals surface area contributed by atoms with Crippen molar-refractivity contribution in [3.05, 3.63) is 17.0 Å². The number of likely N-dealkylation sites (tertiary alicyclic amines) is 1. The fraction of sp³-hybridized carbons (Fsp3) is 0.571. The first-order valence-corrected chi connectivity index (χ1v) is 7.89. The van der Waals surface area contributed by atoms with Crippen LogP contribution in [0.2, 0.25) is 0 Å². The Morgan fingerprint density at radius 2 is 2.10 bits per heavy atom. The van der Waals surface area contributed by atoms with Gasteiger partial charge in [0.1, 0.15) is 5.00 Å². The van der Waals surface area contributed by atoms with E-state index < -0.39 is 5.91 Å². The van der Waals surface area contributed by atoms with Crippen molar-refractivity contribution in [2.75, 3.05) is 18.4 Å². The minimum Gasteiger partial charge on any atom is -0.366 e. The Bertz CT molecular complexity index is 492. The summed E-state index contributed by atoms with van der Waals surface area (Å²) < 4.78 is 0. The number of amides is 2. The average Bonchev–Trinajstić information content (AvgIpc) is 2.87. The topological polar surface area (TPSA) is 76.6 Å². The van der Waals surface area contributed by atoms with E-state index >= 15 is 0 Å². The molecule has 0 saturated carbocycles. The van der Waals surface area contributed by atoms with E-state index in [1.165, 1.54) is 29.1 Å². The minimum atomic E-state index is -0.506. The van der Waals surface area contributed by atoms with E-state index in [-0.39, 0.29) is 11.9 Å². The van der Waals surface area contributed by atoms with Crippen molar-refractivity contribution < 1.29 is 14.5 Å². The van der Waals surface area contributed by atoms with E-state index in [2.05, 4.69) is 12.2 Å². The number of nitrogens with two attached hydrogens (primary N) is 1. The Morgan fingerprint density at radius 1 is 1.45 bits per heavy atom. The number of thiophene rings is 1. The first-order valence-electron chi connectivity index (χ1n) is 7.01. The van der Waals surface area contributed by atoms with Crippen LogP contribution < -0.4 is 16.0 Å². The molecule has 1 atom stereocenters. The third-order valence-electron chi connectivity index (χ3n) is 4.09.